The van der Waals surface area contributed by atoms with E-state index in [0.717, 1.165) is 105 Å². The molecule has 1 fully saturated rings. The molecule has 0 radical (unpaired) electrons. The molecule has 1 heterocycles. The largest absolute Gasteiger partial charge is 0.494 e. The Kier molecular flexibility index (Phi) is 17.0. The third-order valence-electron chi connectivity index (χ3n) is 10.7. The molecule has 8 heteroatoms. The zero-order valence-electron chi connectivity index (χ0n) is 34.6. The van der Waals surface area contributed by atoms with Crippen molar-refractivity contribution >= 4 is 11.9 Å². The van der Waals surface area contributed by atoms with Crippen LogP contribution in [0.4, 0.5) is 0 Å². The van der Waals surface area contributed by atoms with Crippen molar-refractivity contribution in [2.24, 2.45) is 17.3 Å². The molecule has 0 saturated carbocycles. The average molecular weight is 779 g/mol. The van der Waals surface area contributed by atoms with Crippen molar-refractivity contribution in [2.45, 2.75) is 85.7 Å². The first kappa shape index (κ1) is 43.5. The van der Waals surface area contributed by atoms with Crippen LogP contribution in [0, 0.1) is 17.3 Å². The molecular weight excluding hydrogens is 717 g/mol. The summed E-state index contributed by atoms with van der Waals surface area (Å²) >= 11 is 0. The molecule has 0 amide bonds. The number of rotatable bonds is 24. The Hall–Kier alpha value is -4.66. The van der Waals surface area contributed by atoms with Crippen molar-refractivity contribution in [1.82, 2.24) is 0 Å². The van der Waals surface area contributed by atoms with Gasteiger partial charge < -0.3 is 28.4 Å². The van der Waals surface area contributed by atoms with Gasteiger partial charge in [0.05, 0.1) is 56.9 Å². The van der Waals surface area contributed by atoms with Crippen LogP contribution in [-0.2, 0) is 18.9 Å². The molecule has 1 saturated heterocycles. The summed E-state index contributed by atoms with van der Waals surface area (Å²) in [7, 11) is 0. The van der Waals surface area contributed by atoms with Gasteiger partial charge in [-0.25, -0.2) is 9.59 Å². The Bertz CT molecular complexity index is 1780. The van der Waals surface area contributed by atoms with E-state index < -0.39 is 0 Å². The molecular formula is C49H62O8. The molecule has 0 N–H and O–H groups in total. The summed E-state index contributed by atoms with van der Waals surface area (Å²) in [4.78, 5) is 25.3. The Labute approximate surface area is 340 Å². The Morgan fingerprint density at radius 2 is 1.05 bits per heavy atom. The number of hydrogen-bond acceptors (Lipinski definition) is 8. The quantitative estimate of drug-likeness (QED) is 0.0513. The molecule has 3 atom stereocenters. The molecule has 4 aromatic carbocycles. The molecule has 1 aliphatic heterocycles. The van der Waals surface area contributed by atoms with E-state index in [9.17, 15) is 9.59 Å². The number of hydrogen-bond donors (Lipinski definition) is 0. The van der Waals surface area contributed by atoms with Gasteiger partial charge in [-0.1, -0.05) is 76.2 Å². The third kappa shape index (κ3) is 14.3. The molecule has 57 heavy (non-hydrogen) atoms. The lowest BCUT2D eigenvalue weighted by Crippen LogP contribution is -2.43. The number of ether oxygens (including phenoxy) is 6. The summed E-state index contributed by atoms with van der Waals surface area (Å²) in [6.45, 7) is 15.3. The van der Waals surface area contributed by atoms with Crippen LogP contribution in [0.2, 0.25) is 0 Å². The van der Waals surface area contributed by atoms with Crippen molar-refractivity contribution in [3.63, 3.8) is 0 Å². The highest BCUT2D eigenvalue weighted by atomic mass is 16.5. The van der Waals surface area contributed by atoms with E-state index in [1.165, 1.54) is 0 Å². The molecule has 8 nitrogen and oxygen atoms in total. The van der Waals surface area contributed by atoms with Gasteiger partial charge >= 0.3 is 11.9 Å². The lowest BCUT2D eigenvalue weighted by Gasteiger charge is -2.37. The van der Waals surface area contributed by atoms with Crippen LogP contribution in [0.25, 0.3) is 22.3 Å². The molecule has 4 aromatic rings. The van der Waals surface area contributed by atoms with E-state index in [4.69, 9.17) is 28.4 Å². The van der Waals surface area contributed by atoms with E-state index in [-0.39, 0.29) is 23.5 Å². The smallest absolute Gasteiger partial charge is 0.338 e. The SMILES string of the molecule is CC[C@H](C)Oc1ccc(-c2ccc(C(=O)OCCC(C)CCCOC(=O)c3ccc(-c4ccc(OCCC(C)CCCOCC5(C)COC5)cc4)cc3)cc2)cc1. The highest BCUT2D eigenvalue weighted by Gasteiger charge is 2.33. The second-order valence-corrected chi connectivity index (χ2v) is 16.1. The standard InChI is InChI=1S/C49H62O8/c1-6-38(4)57-46-25-21-42(22-26-46)40-13-17-44(18-14-40)48(51)56-32-28-37(3)10-8-30-55-47(50)43-15-11-39(12-16-43)41-19-23-45(24-20-41)54-31-27-36(2)9-7-29-52-33-49(5)34-53-35-49/h11-26,36-38H,6-10,27-35H2,1-5H3/t36?,37?,38-/m0/s1. The van der Waals surface area contributed by atoms with Gasteiger partial charge in [0.1, 0.15) is 11.5 Å². The number of benzene rings is 4. The van der Waals surface area contributed by atoms with Gasteiger partial charge in [-0.15, -0.1) is 0 Å². The van der Waals surface area contributed by atoms with Gasteiger partial charge in [-0.2, -0.15) is 0 Å². The van der Waals surface area contributed by atoms with Crippen LogP contribution in [-0.4, -0.2) is 64.3 Å². The first-order valence-corrected chi connectivity index (χ1v) is 20.8. The molecule has 2 unspecified atom stereocenters. The van der Waals surface area contributed by atoms with Gasteiger partial charge in [-0.3, -0.25) is 0 Å². The van der Waals surface area contributed by atoms with Gasteiger partial charge in [0.2, 0.25) is 0 Å². The topological polar surface area (TPSA) is 89.5 Å². The summed E-state index contributed by atoms with van der Waals surface area (Å²) in [6.07, 6.45) is 6.67. The Morgan fingerprint density at radius 3 is 1.54 bits per heavy atom. The van der Waals surface area contributed by atoms with E-state index in [1.54, 1.807) is 12.1 Å². The van der Waals surface area contributed by atoms with Gasteiger partial charge in [0.25, 0.3) is 0 Å². The highest BCUT2D eigenvalue weighted by molar-refractivity contribution is 5.90. The normalized spacial score (nSPS) is 14.8. The van der Waals surface area contributed by atoms with Crippen LogP contribution in [0.5, 0.6) is 11.5 Å². The van der Waals surface area contributed by atoms with Gasteiger partial charge in [0.15, 0.2) is 0 Å². The van der Waals surface area contributed by atoms with E-state index in [1.807, 2.05) is 84.9 Å². The minimum Gasteiger partial charge on any atom is -0.494 e. The van der Waals surface area contributed by atoms with Crippen molar-refractivity contribution in [3.05, 3.63) is 108 Å². The van der Waals surface area contributed by atoms with Crippen LogP contribution in [0.3, 0.4) is 0 Å². The number of carbonyl (C=O) groups excluding carboxylic acids is 2. The van der Waals surface area contributed by atoms with Crippen LogP contribution >= 0.6 is 0 Å². The maximum absolute atomic E-state index is 12.7. The first-order chi connectivity index (χ1) is 27.6. The number of esters is 2. The van der Waals surface area contributed by atoms with Gasteiger partial charge in [0, 0.05) is 12.0 Å². The van der Waals surface area contributed by atoms with E-state index in [0.29, 0.717) is 42.8 Å². The van der Waals surface area contributed by atoms with E-state index in [2.05, 4.69) is 34.6 Å². The van der Waals surface area contributed by atoms with Crippen molar-refractivity contribution in [3.8, 4) is 33.8 Å². The maximum atomic E-state index is 12.7. The van der Waals surface area contributed by atoms with Crippen molar-refractivity contribution in [1.29, 1.82) is 0 Å². The summed E-state index contributed by atoms with van der Waals surface area (Å²) in [6, 6.07) is 31.1. The third-order valence-corrected chi connectivity index (χ3v) is 10.7. The van der Waals surface area contributed by atoms with Crippen molar-refractivity contribution in [2.75, 3.05) is 46.2 Å². The summed E-state index contributed by atoms with van der Waals surface area (Å²) in [5, 5.41) is 0. The van der Waals surface area contributed by atoms with Crippen LogP contribution in [0.15, 0.2) is 97.1 Å². The second-order valence-electron chi connectivity index (χ2n) is 16.1. The molecule has 306 valence electrons. The van der Waals surface area contributed by atoms with Crippen LogP contribution in [0.1, 0.15) is 100 Å². The molecule has 0 aromatic heterocycles. The molecule has 0 spiro atoms. The molecule has 0 aliphatic carbocycles. The maximum Gasteiger partial charge on any atom is 0.338 e. The Morgan fingerprint density at radius 1 is 0.596 bits per heavy atom. The van der Waals surface area contributed by atoms with Crippen LogP contribution < -0.4 is 9.47 Å². The fourth-order valence-corrected chi connectivity index (χ4v) is 6.55. The Balaban J connectivity index is 0.914. The predicted octanol–water partition coefficient (Wildman–Crippen LogP) is 11.3. The monoisotopic (exact) mass is 778 g/mol. The van der Waals surface area contributed by atoms with Crippen molar-refractivity contribution < 1.29 is 38.0 Å². The molecule has 0 bridgehead atoms. The zero-order chi connectivity index (χ0) is 40.5. The molecule has 1 aliphatic rings. The fourth-order valence-electron chi connectivity index (χ4n) is 6.55. The number of carbonyl (C=O) groups is 2. The summed E-state index contributed by atoms with van der Waals surface area (Å²) in [5.74, 6) is 1.95. The average Bonchev–Trinajstić information content (AvgIpc) is 3.22. The lowest BCUT2D eigenvalue weighted by atomic mass is 9.90. The van der Waals surface area contributed by atoms with E-state index >= 15 is 0 Å². The van der Waals surface area contributed by atoms with Gasteiger partial charge in [-0.05, 0) is 134 Å². The minimum absolute atomic E-state index is 0.177. The molecule has 5 rings (SSSR count). The lowest BCUT2D eigenvalue weighted by molar-refractivity contribution is -0.138. The predicted molar refractivity (Wildman–Crippen MR) is 226 cm³/mol. The fraction of sp³-hybridized carbons (Fsp3) is 0.469. The first-order valence-electron chi connectivity index (χ1n) is 20.8. The summed E-state index contributed by atoms with van der Waals surface area (Å²) < 4.78 is 34.1. The summed E-state index contributed by atoms with van der Waals surface area (Å²) in [5.41, 5.74) is 5.43. The second kappa shape index (κ2) is 22.3. The highest BCUT2D eigenvalue weighted by Crippen LogP contribution is 2.28. The minimum atomic E-state index is -0.328. The zero-order valence-corrected chi connectivity index (χ0v) is 34.6.